The first kappa shape index (κ1) is 11.7. The molecule has 6 heteroatoms. The van der Waals surface area contributed by atoms with Crippen molar-refractivity contribution in [3.05, 3.63) is 23.7 Å². The molecule has 0 aliphatic carbocycles. The molecule has 92 valence electrons. The number of rotatable bonds is 4. The number of amides is 1. The minimum absolute atomic E-state index is 0.0648. The SMILES string of the molecule is CN1CCC(NCc2ccc(C(=O)O)o2)C1=O. The summed E-state index contributed by atoms with van der Waals surface area (Å²) < 4.78 is 5.08. The molecule has 6 nitrogen and oxygen atoms in total. The van der Waals surface area contributed by atoms with E-state index in [2.05, 4.69) is 5.32 Å². The summed E-state index contributed by atoms with van der Waals surface area (Å²) in [4.78, 5) is 23.8. The Morgan fingerprint density at radius 1 is 1.65 bits per heavy atom. The van der Waals surface area contributed by atoms with Gasteiger partial charge in [-0.2, -0.15) is 0 Å². The van der Waals surface area contributed by atoms with Crippen LogP contribution in [0.4, 0.5) is 0 Å². The zero-order valence-electron chi connectivity index (χ0n) is 9.47. The molecule has 1 atom stereocenters. The smallest absolute Gasteiger partial charge is 0.371 e. The fourth-order valence-corrected chi connectivity index (χ4v) is 1.82. The number of carboxylic acid groups (broad SMARTS) is 1. The fourth-order valence-electron chi connectivity index (χ4n) is 1.82. The van der Waals surface area contributed by atoms with E-state index in [0.29, 0.717) is 12.3 Å². The van der Waals surface area contributed by atoms with Crippen molar-refractivity contribution in [2.75, 3.05) is 13.6 Å². The van der Waals surface area contributed by atoms with Crippen LogP contribution in [0.5, 0.6) is 0 Å². The van der Waals surface area contributed by atoms with E-state index >= 15 is 0 Å². The highest BCUT2D eigenvalue weighted by Gasteiger charge is 2.28. The standard InChI is InChI=1S/C11H14N2O4/c1-13-5-4-8(10(13)14)12-6-7-2-3-9(17-7)11(15)16/h2-3,8,12H,4-6H2,1H3,(H,15,16). The van der Waals surface area contributed by atoms with Crippen LogP contribution in [0.3, 0.4) is 0 Å². The molecule has 1 aliphatic rings. The van der Waals surface area contributed by atoms with Crippen LogP contribution < -0.4 is 5.32 Å². The van der Waals surface area contributed by atoms with Gasteiger partial charge in [-0.3, -0.25) is 10.1 Å². The van der Waals surface area contributed by atoms with E-state index in [1.165, 1.54) is 6.07 Å². The highest BCUT2D eigenvalue weighted by Crippen LogP contribution is 2.11. The summed E-state index contributed by atoms with van der Waals surface area (Å²) in [6, 6.07) is 2.81. The molecule has 1 aromatic heterocycles. The molecule has 1 unspecified atom stereocenters. The molecule has 0 radical (unpaired) electrons. The lowest BCUT2D eigenvalue weighted by atomic mass is 10.2. The predicted molar refractivity (Wildman–Crippen MR) is 58.5 cm³/mol. The molecule has 2 N–H and O–H groups in total. The Hall–Kier alpha value is -1.82. The minimum Gasteiger partial charge on any atom is -0.475 e. The highest BCUT2D eigenvalue weighted by molar-refractivity contribution is 5.84. The average molecular weight is 238 g/mol. The summed E-state index contributed by atoms with van der Waals surface area (Å²) in [7, 11) is 1.76. The predicted octanol–water partition coefficient (Wildman–Crippen LogP) is 0.298. The van der Waals surface area contributed by atoms with Gasteiger partial charge in [0.25, 0.3) is 0 Å². The van der Waals surface area contributed by atoms with E-state index in [4.69, 9.17) is 9.52 Å². The Labute approximate surface area is 98.2 Å². The summed E-state index contributed by atoms with van der Waals surface area (Å²) in [5.74, 6) is -0.593. The van der Waals surface area contributed by atoms with Gasteiger partial charge in [0.1, 0.15) is 5.76 Å². The summed E-state index contributed by atoms with van der Waals surface area (Å²) >= 11 is 0. The van der Waals surface area contributed by atoms with Crippen molar-refractivity contribution in [3.63, 3.8) is 0 Å². The molecular formula is C11H14N2O4. The maximum Gasteiger partial charge on any atom is 0.371 e. The normalized spacial score (nSPS) is 19.9. The topological polar surface area (TPSA) is 82.8 Å². The van der Waals surface area contributed by atoms with Gasteiger partial charge in [0.15, 0.2) is 0 Å². The number of hydrogen-bond donors (Lipinski definition) is 2. The Morgan fingerprint density at radius 3 is 2.94 bits per heavy atom. The molecule has 2 rings (SSSR count). The highest BCUT2D eigenvalue weighted by atomic mass is 16.4. The third-order valence-electron chi connectivity index (χ3n) is 2.82. The second kappa shape index (κ2) is 4.58. The van der Waals surface area contributed by atoms with Crippen LogP contribution in [0.15, 0.2) is 16.5 Å². The maximum atomic E-state index is 11.6. The number of likely N-dealkylation sites (tertiary alicyclic amines) is 1. The molecule has 0 saturated carbocycles. The minimum atomic E-state index is -1.09. The molecule has 1 saturated heterocycles. The monoisotopic (exact) mass is 238 g/mol. The lowest BCUT2D eigenvalue weighted by Gasteiger charge is -2.10. The van der Waals surface area contributed by atoms with Crippen LogP contribution >= 0.6 is 0 Å². The van der Waals surface area contributed by atoms with E-state index < -0.39 is 5.97 Å². The molecule has 2 heterocycles. The van der Waals surface area contributed by atoms with Crippen molar-refractivity contribution >= 4 is 11.9 Å². The Balaban J connectivity index is 1.89. The average Bonchev–Trinajstić information content (AvgIpc) is 2.86. The number of nitrogens with one attached hydrogen (secondary N) is 1. The summed E-state index contributed by atoms with van der Waals surface area (Å²) in [5, 5.41) is 11.7. The van der Waals surface area contributed by atoms with Gasteiger partial charge in [0.05, 0.1) is 12.6 Å². The molecule has 1 fully saturated rings. The quantitative estimate of drug-likeness (QED) is 0.788. The summed E-state index contributed by atoms with van der Waals surface area (Å²) in [6.07, 6.45) is 0.766. The molecule has 0 spiro atoms. The van der Waals surface area contributed by atoms with Gasteiger partial charge >= 0.3 is 5.97 Å². The zero-order valence-corrected chi connectivity index (χ0v) is 9.47. The van der Waals surface area contributed by atoms with Gasteiger partial charge in [-0.25, -0.2) is 4.79 Å². The van der Waals surface area contributed by atoms with Crippen LogP contribution in [0.2, 0.25) is 0 Å². The third kappa shape index (κ3) is 2.47. The van der Waals surface area contributed by atoms with Crippen LogP contribution in [0.1, 0.15) is 22.7 Å². The Bertz CT molecular complexity index is 440. The zero-order chi connectivity index (χ0) is 12.4. The Kier molecular flexibility index (Phi) is 3.14. The molecule has 1 aromatic rings. The van der Waals surface area contributed by atoms with E-state index in [1.54, 1.807) is 18.0 Å². The molecule has 1 aliphatic heterocycles. The summed E-state index contributed by atoms with van der Waals surface area (Å²) in [5.41, 5.74) is 0. The van der Waals surface area contributed by atoms with Gasteiger partial charge in [-0.15, -0.1) is 0 Å². The lowest BCUT2D eigenvalue weighted by Crippen LogP contribution is -2.36. The lowest BCUT2D eigenvalue weighted by molar-refractivity contribution is -0.128. The second-order valence-electron chi connectivity index (χ2n) is 4.05. The van der Waals surface area contributed by atoms with Gasteiger partial charge in [0.2, 0.25) is 11.7 Å². The first-order chi connectivity index (χ1) is 8.08. The molecule has 17 heavy (non-hydrogen) atoms. The molecule has 1 amide bonds. The number of furan rings is 1. The van der Waals surface area contributed by atoms with Crippen molar-refractivity contribution in [3.8, 4) is 0 Å². The first-order valence-corrected chi connectivity index (χ1v) is 5.38. The van der Waals surface area contributed by atoms with E-state index in [9.17, 15) is 9.59 Å². The number of carboxylic acids is 1. The molecule has 0 bridgehead atoms. The number of nitrogens with zero attached hydrogens (tertiary/aromatic N) is 1. The number of carbonyl (C=O) groups excluding carboxylic acids is 1. The number of aromatic carboxylic acids is 1. The van der Waals surface area contributed by atoms with Crippen molar-refractivity contribution < 1.29 is 19.1 Å². The van der Waals surface area contributed by atoms with Crippen molar-refractivity contribution in [1.82, 2.24) is 10.2 Å². The molecule has 0 aromatic carbocycles. The second-order valence-corrected chi connectivity index (χ2v) is 4.05. The van der Waals surface area contributed by atoms with E-state index in [1.807, 2.05) is 0 Å². The van der Waals surface area contributed by atoms with Crippen molar-refractivity contribution in [2.24, 2.45) is 0 Å². The van der Waals surface area contributed by atoms with Gasteiger partial charge in [0, 0.05) is 13.6 Å². The fraction of sp³-hybridized carbons (Fsp3) is 0.455. The van der Waals surface area contributed by atoms with Crippen LogP contribution in [0, 0.1) is 0 Å². The van der Waals surface area contributed by atoms with Crippen LogP contribution in [-0.4, -0.2) is 41.5 Å². The first-order valence-electron chi connectivity index (χ1n) is 5.38. The number of carbonyl (C=O) groups is 2. The Morgan fingerprint density at radius 2 is 2.41 bits per heavy atom. The van der Waals surface area contributed by atoms with E-state index in [-0.39, 0.29) is 17.7 Å². The van der Waals surface area contributed by atoms with Crippen molar-refractivity contribution in [2.45, 2.75) is 19.0 Å². The van der Waals surface area contributed by atoms with Crippen molar-refractivity contribution in [1.29, 1.82) is 0 Å². The van der Waals surface area contributed by atoms with Gasteiger partial charge < -0.3 is 14.4 Å². The largest absolute Gasteiger partial charge is 0.475 e. The van der Waals surface area contributed by atoms with Crippen LogP contribution in [-0.2, 0) is 11.3 Å². The van der Waals surface area contributed by atoms with E-state index in [0.717, 1.165) is 13.0 Å². The summed E-state index contributed by atoms with van der Waals surface area (Å²) in [6.45, 7) is 1.10. The van der Waals surface area contributed by atoms with Gasteiger partial charge in [-0.1, -0.05) is 0 Å². The number of likely N-dealkylation sites (N-methyl/N-ethyl adjacent to an activating group) is 1. The van der Waals surface area contributed by atoms with Gasteiger partial charge in [-0.05, 0) is 18.6 Å². The number of hydrogen-bond acceptors (Lipinski definition) is 4. The maximum absolute atomic E-state index is 11.6. The van der Waals surface area contributed by atoms with Crippen LogP contribution in [0.25, 0.3) is 0 Å². The molecular weight excluding hydrogens is 224 g/mol. The third-order valence-corrected chi connectivity index (χ3v) is 2.82.